The van der Waals surface area contributed by atoms with Crippen LogP contribution in [-0.4, -0.2) is 22.7 Å². The summed E-state index contributed by atoms with van der Waals surface area (Å²) in [5, 5.41) is 7.63. The Kier molecular flexibility index (Phi) is 5.32. The molecule has 2 unspecified atom stereocenters. The number of aromatic nitrogens is 2. The summed E-state index contributed by atoms with van der Waals surface area (Å²) in [7, 11) is 0. The van der Waals surface area contributed by atoms with E-state index in [-0.39, 0.29) is 11.3 Å². The van der Waals surface area contributed by atoms with Gasteiger partial charge in [-0.05, 0) is 19.4 Å². The predicted octanol–water partition coefficient (Wildman–Crippen LogP) is 3.25. The third-order valence-electron chi connectivity index (χ3n) is 3.20. The quantitative estimate of drug-likeness (QED) is 0.845. The van der Waals surface area contributed by atoms with Crippen molar-refractivity contribution in [1.82, 2.24) is 15.5 Å². The minimum absolute atomic E-state index is 0.0555. The summed E-state index contributed by atoms with van der Waals surface area (Å²) in [6, 6.07) is 0.401. The average Bonchev–Trinajstić information content (AvgIpc) is 2.78. The molecule has 0 aromatic carbocycles. The standard InChI is InChI=1S/C14H27N3O/c1-7-9-15-11(8-2)10(3)12-16-13(17-18-12)14(4,5)6/h10-11,15H,7-9H2,1-6H3. The zero-order chi connectivity index (χ0) is 13.8. The largest absolute Gasteiger partial charge is 0.339 e. The van der Waals surface area contributed by atoms with E-state index in [0.29, 0.717) is 6.04 Å². The van der Waals surface area contributed by atoms with Crippen molar-refractivity contribution >= 4 is 0 Å². The van der Waals surface area contributed by atoms with Crippen molar-refractivity contribution in [2.75, 3.05) is 6.54 Å². The summed E-state index contributed by atoms with van der Waals surface area (Å²) in [6.07, 6.45) is 2.20. The van der Waals surface area contributed by atoms with Crippen LogP contribution in [0.2, 0.25) is 0 Å². The normalized spacial score (nSPS) is 15.7. The summed E-state index contributed by atoms with van der Waals surface area (Å²) in [5.41, 5.74) is -0.0555. The summed E-state index contributed by atoms with van der Waals surface area (Å²) in [5.74, 6) is 1.79. The van der Waals surface area contributed by atoms with Gasteiger partial charge in [0.05, 0.1) is 5.92 Å². The predicted molar refractivity (Wildman–Crippen MR) is 73.8 cm³/mol. The van der Waals surface area contributed by atoms with Crippen LogP contribution >= 0.6 is 0 Å². The molecule has 18 heavy (non-hydrogen) atoms. The van der Waals surface area contributed by atoms with Gasteiger partial charge in [-0.25, -0.2) is 0 Å². The molecule has 0 fully saturated rings. The molecule has 1 aromatic rings. The number of hydrogen-bond donors (Lipinski definition) is 1. The van der Waals surface area contributed by atoms with Crippen molar-refractivity contribution in [3.05, 3.63) is 11.7 Å². The van der Waals surface area contributed by atoms with Gasteiger partial charge in [-0.15, -0.1) is 0 Å². The van der Waals surface area contributed by atoms with Gasteiger partial charge in [0.25, 0.3) is 0 Å². The second kappa shape index (κ2) is 6.32. The van der Waals surface area contributed by atoms with Crippen molar-refractivity contribution in [2.24, 2.45) is 0 Å². The molecule has 0 amide bonds. The highest BCUT2D eigenvalue weighted by Gasteiger charge is 2.26. The fraction of sp³-hybridized carbons (Fsp3) is 0.857. The fourth-order valence-electron chi connectivity index (χ4n) is 1.90. The van der Waals surface area contributed by atoms with Crippen LogP contribution in [-0.2, 0) is 5.41 Å². The molecule has 0 spiro atoms. The zero-order valence-electron chi connectivity index (χ0n) is 12.6. The number of rotatable bonds is 6. The molecule has 0 saturated heterocycles. The molecule has 0 aliphatic heterocycles. The Morgan fingerprint density at radius 2 is 1.94 bits per heavy atom. The van der Waals surface area contributed by atoms with Gasteiger partial charge in [-0.1, -0.05) is 46.7 Å². The smallest absolute Gasteiger partial charge is 0.231 e. The van der Waals surface area contributed by atoms with Crippen LogP contribution in [0.5, 0.6) is 0 Å². The van der Waals surface area contributed by atoms with E-state index >= 15 is 0 Å². The minimum Gasteiger partial charge on any atom is -0.339 e. The summed E-state index contributed by atoms with van der Waals surface area (Å²) in [4.78, 5) is 4.54. The molecular weight excluding hydrogens is 226 g/mol. The van der Waals surface area contributed by atoms with Gasteiger partial charge in [0, 0.05) is 11.5 Å². The number of nitrogens with zero attached hydrogens (tertiary/aromatic N) is 2. The Bertz CT molecular complexity index is 354. The highest BCUT2D eigenvalue weighted by molar-refractivity contribution is 5.03. The Morgan fingerprint density at radius 3 is 2.39 bits per heavy atom. The lowest BCUT2D eigenvalue weighted by atomic mass is 9.95. The SMILES string of the molecule is CCCNC(CC)C(C)c1nc(C(C)(C)C)no1. The summed E-state index contributed by atoms with van der Waals surface area (Å²) < 4.78 is 5.41. The number of nitrogens with one attached hydrogen (secondary N) is 1. The molecule has 0 aliphatic carbocycles. The van der Waals surface area contributed by atoms with Crippen LogP contribution in [0.15, 0.2) is 4.52 Å². The van der Waals surface area contributed by atoms with Crippen LogP contribution in [0.4, 0.5) is 0 Å². The molecule has 1 aromatic heterocycles. The average molecular weight is 253 g/mol. The Balaban J connectivity index is 2.76. The van der Waals surface area contributed by atoms with Crippen LogP contribution in [0.1, 0.15) is 72.0 Å². The summed E-state index contributed by atoms with van der Waals surface area (Å²) >= 11 is 0. The maximum Gasteiger partial charge on any atom is 0.231 e. The molecule has 0 bridgehead atoms. The van der Waals surface area contributed by atoms with E-state index in [4.69, 9.17) is 4.52 Å². The Hall–Kier alpha value is -0.900. The lowest BCUT2D eigenvalue weighted by Gasteiger charge is -2.21. The van der Waals surface area contributed by atoms with Crippen molar-refractivity contribution in [2.45, 2.75) is 71.8 Å². The van der Waals surface area contributed by atoms with E-state index in [1.165, 1.54) is 0 Å². The first-order chi connectivity index (χ1) is 8.40. The number of hydrogen-bond acceptors (Lipinski definition) is 4. The Morgan fingerprint density at radius 1 is 1.28 bits per heavy atom. The third kappa shape index (κ3) is 3.80. The maximum atomic E-state index is 5.41. The van der Waals surface area contributed by atoms with Gasteiger partial charge in [-0.2, -0.15) is 4.98 Å². The lowest BCUT2D eigenvalue weighted by Crippen LogP contribution is -2.34. The van der Waals surface area contributed by atoms with Gasteiger partial charge >= 0.3 is 0 Å². The highest BCUT2D eigenvalue weighted by Crippen LogP contribution is 2.24. The molecule has 4 heteroatoms. The van der Waals surface area contributed by atoms with Crippen molar-refractivity contribution < 1.29 is 4.52 Å². The minimum atomic E-state index is -0.0555. The van der Waals surface area contributed by atoms with Gasteiger partial charge in [-0.3, -0.25) is 0 Å². The molecule has 2 atom stereocenters. The van der Waals surface area contributed by atoms with Gasteiger partial charge < -0.3 is 9.84 Å². The zero-order valence-corrected chi connectivity index (χ0v) is 12.6. The molecule has 4 nitrogen and oxygen atoms in total. The second-order valence-corrected chi connectivity index (χ2v) is 5.96. The molecule has 1 heterocycles. The van der Waals surface area contributed by atoms with Gasteiger partial charge in [0.2, 0.25) is 5.89 Å². The molecule has 0 saturated carbocycles. The molecule has 1 rings (SSSR count). The van der Waals surface area contributed by atoms with E-state index in [0.717, 1.165) is 31.1 Å². The molecule has 1 N–H and O–H groups in total. The molecule has 104 valence electrons. The Labute approximate surface area is 111 Å². The van der Waals surface area contributed by atoms with E-state index in [1.807, 2.05) is 0 Å². The summed E-state index contributed by atoms with van der Waals surface area (Å²) in [6.45, 7) is 13.8. The van der Waals surface area contributed by atoms with Crippen molar-refractivity contribution in [3.8, 4) is 0 Å². The van der Waals surface area contributed by atoms with Gasteiger partial charge in [0.1, 0.15) is 0 Å². The molecule has 0 radical (unpaired) electrons. The lowest BCUT2D eigenvalue weighted by molar-refractivity contribution is 0.314. The van der Waals surface area contributed by atoms with Gasteiger partial charge in [0.15, 0.2) is 5.82 Å². The topological polar surface area (TPSA) is 51.0 Å². The van der Waals surface area contributed by atoms with Crippen molar-refractivity contribution in [1.29, 1.82) is 0 Å². The first-order valence-electron chi connectivity index (χ1n) is 6.97. The highest BCUT2D eigenvalue weighted by atomic mass is 16.5. The molecule has 0 aliphatic rings. The van der Waals surface area contributed by atoms with E-state index < -0.39 is 0 Å². The van der Waals surface area contributed by atoms with E-state index in [1.54, 1.807) is 0 Å². The molecular formula is C14H27N3O. The first kappa shape index (κ1) is 15.2. The van der Waals surface area contributed by atoms with Crippen LogP contribution in [0.25, 0.3) is 0 Å². The van der Waals surface area contributed by atoms with Crippen molar-refractivity contribution in [3.63, 3.8) is 0 Å². The van der Waals surface area contributed by atoms with Crippen LogP contribution < -0.4 is 5.32 Å². The third-order valence-corrected chi connectivity index (χ3v) is 3.20. The fourth-order valence-corrected chi connectivity index (χ4v) is 1.90. The van der Waals surface area contributed by atoms with Crippen LogP contribution in [0, 0.1) is 0 Å². The van der Waals surface area contributed by atoms with E-state index in [2.05, 4.69) is 57.0 Å². The monoisotopic (exact) mass is 253 g/mol. The first-order valence-corrected chi connectivity index (χ1v) is 6.97. The maximum absolute atomic E-state index is 5.41. The second-order valence-electron chi connectivity index (χ2n) is 5.96. The van der Waals surface area contributed by atoms with Crippen LogP contribution in [0.3, 0.4) is 0 Å². The van der Waals surface area contributed by atoms with E-state index in [9.17, 15) is 0 Å².